The molecule has 1 aliphatic rings. The Bertz CT molecular complexity index is 840. The predicted octanol–water partition coefficient (Wildman–Crippen LogP) is -0.502. The fourth-order valence-electron chi connectivity index (χ4n) is 2.84. The number of hydrogen-bond donors (Lipinski definition) is 2. The van der Waals surface area contributed by atoms with Crippen molar-refractivity contribution in [2.75, 3.05) is 18.0 Å². The highest BCUT2D eigenvalue weighted by Crippen LogP contribution is 2.22. The molecule has 2 aromatic rings. The summed E-state index contributed by atoms with van der Waals surface area (Å²) in [6.45, 7) is 1.15. The molecule has 118 valence electrons. The quantitative estimate of drug-likeness (QED) is 0.790. The Morgan fingerprint density at radius 1 is 1.27 bits per heavy atom. The number of hydrogen-bond acceptors (Lipinski definition) is 5. The Morgan fingerprint density at radius 3 is 2.59 bits per heavy atom. The molecule has 2 aromatic heterocycles. The Morgan fingerprint density at radius 2 is 1.95 bits per heavy atom. The van der Waals surface area contributed by atoms with Crippen LogP contribution in [0.2, 0.25) is 0 Å². The fraction of sp³-hybridized carbons (Fsp3) is 0.538. The minimum Gasteiger partial charge on any atom is -0.480 e. The van der Waals surface area contributed by atoms with Crippen molar-refractivity contribution < 1.29 is 9.90 Å². The van der Waals surface area contributed by atoms with Gasteiger partial charge < -0.3 is 10.0 Å². The monoisotopic (exact) mass is 307 g/mol. The van der Waals surface area contributed by atoms with Crippen LogP contribution in [0.4, 0.5) is 5.95 Å². The number of nitrogens with one attached hydrogen (secondary N) is 1. The third-order valence-electron chi connectivity index (χ3n) is 3.92. The third-order valence-corrected chi connectivity index (χ3v) is 3.92. The van der Waals surface area contributed by atoms with Gasteiger partial charge in [0.05, 0.1) is 0 Å². The number of piperidine rings is 1. The normalized spacial score (nSPS) is 15.4. The highest BCUT2D eigenvalue weighted by molar-refractivity contribution is 5.78. The van der Waals surface area contributed by atoms with Crippen LogP contribution in [-0.4, -0.2) is 43.3 Å². The van der Waals surface area contributed by atoms with E-state index < -0.39 is 17.2 Å². The van der Waals surface area contributed by atoms with E-state index in [0.717, 1.165) is 32.4 Å². The van der Waals surface area contributed by atoms with E-state index in [-0.39, 0.29) is 17.7 Å². The van der Waals surface area contributed by atoms with E-state index in [1.807, 2.05) is 4.90 Å². The second kappa shape index (κ2) is 5.32. The van der Waals surface area contributed by atoms with E-state index in [1.165, 1.54) is 16.2 Å². The van der Waals surface area contributed by atoms with Gasteiger partial charge in [0, 0.05) is 20.1 Å². The number of fused-ring (bicyclic) bond motifs is 1. The van der Waals surface area contributed by atoms with Crippen LogP contribution in [0.15, 0.2) is 9.59 Å². The summed E-state index contributed by atoms with van der Waals surface area (Å²) in [4.78, 5) is 43.5. The van der Waals surface area contributed by atoms with Gasteiger partial charge in [-0.05, 0) is 19.3 Å². The molecule has 0 bridgehead atoms. The summed E-state index contributed by atoms with van der Waals surface area (Å²) in [6.07, 6.45) is 3.10. The molecule has 22 heavy (non-hydrogen) atoms. The van der Waals surface area contributed by atoms with Crippen LogP contribution in [0.3, 0.4) is 0 Å². The van der Waals surface area contributed by atoms with Gasteiger partial charge in [-0.3, -0.25) is 23.7 Å². The first kappa shape index (κ1) is 14.4. The lowest BCUT2D eigenvalue weighted by Crippen LogP contribution is -2.33. The van der Waals surface area contributed by atoms with Crippen molar-refractivity contribution in [1.82, 2.24) is 19.1 Å². The first-order chi connectivity index (χ1) is 10.5. The maximum absolute atomic E-state index is 12.1. The molecule has 0 aliphatic carbocycles. The number of nitrogens with zero attached hydrogens (tertiary/aromatic N) is 4. The number of anilines is 1. The predicted molar refractivity (Wildman–Crippen MR) is 79.3 cm³/mol. The van der Waals surface area contributed by atoms with Crippen LogP contribution in [0, 0.1) is 0 Å². The molecule has 3 heterocycles. The molecule has 0 aromatic carbocycles. The van der Waals surface area contributed by atoms with Crippen molar-refractivity contribution in [3.63, 3.8) is 0 Å². The summed E-state index contributed by atoms with van der Waals surface area (Å²) in [6, 6.07) is 0. The van der Waals surface area contributed by atoms with Crippen LogP contribution < -0.4 is 16.1 Å². The topological polar surface area (TPSA) is 113 Å². The maximum atomic E-state index is 12.1. The lowest BCUT2D eigenvalue weighted by Gasteiger charge is -2.27. The molecule has 0 atom stereocenters. The molecule has 3 rings (SSSR count). The van der Waals surface area contributed by atoms with Crippen molar-refractivity contribution in [2.24, 2.45) is 7.05 Å². The molecule has 1 saturated heterocycles. The molecule has 2 N–H and O–H groups in total. The van der Waals surface area contributed by atoms with Crippen LogP contribution in [0.1, 0.15) is 19.3 Å². The zero-order valence-corrected chi connectivity index (χ0v) is 12.2. The van der Waals surface area contributed by atoms with Crippen molar-refractivity contribution in [3.8, 4) is 0 Å². The summed E-state index contributed by atoms with van der Waals surface area (Å²) in [7, 11) is 1.50. The van der Waals surface area contributed by atoms with E-state index in [0.29, 0.717) is 5.95 Å². The highest BCUT2D eigenvalue weighted by Gasteiger charge is 2.23. The maximum Gasteiger partial charge on any atom is 0.329 e. The minimum absolute atomic E-state index is 0.116. The summed E-state index contributed by atoms with van der Waals surface area (Å²) < 4.78 is 2.60. The molecular weight excluding hydrogens is 290 g/mol. The average molecular weight is 307 g/mol. The zero-order chi connectivity index (χ0) is 15.9. The molecule has 9 nitrogen and oxygen atoms in total. The molecule has 1 aliphatic heterocycles. The summed E-state index contributed by atoms with van der Waals surface area (Å²) in [5.41, 5.74) is -0.863. The molecule has 0 spiro atoms. The van der Waals surface area contributed by atoms with Crippen molar-refractivity contribution in [3.05, 3.63) is 20.8 Å². The van der Waals surface area contributed by atoms with Gasteiger partial charge in [-0.2, -0.15) is 4.98 Å². The third kappa shape index (κ3) is 2.28. The lowest BCUT2D eigenvalue weighted by molar-refractivity contribution is -0.137. The second-order valence-electron chi connectivity index (χ2n) is 5.43. The standard InChI is InChI=1S/C13H17N5O4/c1-16-10-9(11(21)15-13(16)22)18(7-8(19)20)12(14-10)17-5-3-2-4-6-17/h2-7H2,1H3,(H,19,20)(H,15,21,22). The second-order valence-corrected chi connectivity index (χ2v) is 5.43. The molecule has 0 unspecified atom stereocenters. The Kier molecular flexibility index (Phi) is 3.47. The van der Waals surface area contributed by atoms with E-state index in [1.54, 1.807) is 0 Å². The highest BCUT2D eigenvalue weighted by atomic mass is 16.4. The largest absolute Gasteiger partial charge is 0.480 e. The number of carboxylic acids is 1. The molecule has 0 radical (unpaired) electrons. The number of aromatic nitrogens is 4. The van der Waals surface area contributed by atoms with Gasteiger partial charge in [0.2, 0.25) is 5.95 Å². The van der Waals surface area contributed by atoms with Gasteiger partial charge >= 0.3 is 11.7 Å². The first-order valence-corrected chi connectivity index (χ1v) is 7.15. The van der Waals surface area contributed by atoms with Gasteiger partial charge in [-0.25, -0.2) is 4.79 Å². The smallest absolute Gasteiger partial charge is 0.329 e. The van der Waals surface area contributed by atoms with Crippen molar-refractivity contribution >= 4 is 23.1 Å². The van der Waals surface area contributed by atoms with Gasteiger partial charge in [-0.1, -0.05) is 0 Å². The molecule has 1 fully saturated rings. The van der Waals surface area contributed by atoms with Crippen LogP contribution in [0.25, 0.3) is 11.2 Å². The van der Waals surface area contributed by atoms with Gasteiger partial charge in [0.1, 0.15) is 6.54 Å². The van der Waals surface area contributed by atoms with E-state index >= 15 is 0 Å². The van der Waals surface area contributed by atoms with E-state index in [9.17, 15) is 14.4 Å². The van der Waals surface area contributed by atoms with Crippen LogP contribution in [-0.2, 0) is 18.4 Å². The number of aliphatic carboxylic acids is 1. The number of aryl methyl sites for hydroxylation is 1. The average Bonchev–Trinajstić information content (AvgIpc) is 2.85. The van der Waals surface area contributed by atoms with Crippen molar-refractivity contribution in [1.29, 1.82) is 0 Å². The van der Waals surface area contributed by atoms with E-state index in [2.05, 4.69) is 9.97 Å². The summed E-state index contributed by atoms with van der Waals surface area (Å²) in [5.74, 6) is -0.630. The SMILES string of the molecule is Cn1c(=O)[nH]c(=O)c2c1nc(N1CCCCC1)n2CC(=O)O. The van der Waals surface area contributed by atoms with Gasteiger partial charge in [0.15, 0.2) is 11.2 Å². The van der Waals surface area contributed by atoms with Crippen LogP contribution >= 0.6 is 0 Å². The molecule has 0 saturated carbocycles. The zero-order valence-electron chi connectivity index (χ0n) is 12.2. The summed E-state index contributed by atoms with van der Waals surface area (Å²) in [5, 5.41) is 9.13. The number of H-pyrrole nitrogens is 1. The molecule has 9 heteroatoms. The van der Waals surface area contributed by atoms with Crippen LogP contribution in [0.5, 0.6) is 0 Å². The number of carboxylic acid groups (broad SMARTS) is 1. The lowest BCUT2D eigenvalue weighted by atomic mass is 10.1. The summed E-state index contributed by atoms with van der Waals surface area (Å²) >= 11 is 0. The Balaban J connectivity index is 2.28. The van der Waals surface area contributed by atoms with Gasteiger partial charge in [-0.15, -0.1) is 0 Å². The van der Waals surface area contributed by atoms with Crippen molar-refractivity contribution in [2.45, 2.75) is 25.8 Å². The Labute approximate surface area is 124 Å². The number of rotatable bonds is 3. The Hall–Kier alpha value is -2.58. The number of aromatic amines is 1. The first-order valence-electron chi connectivity index (χ1n) is 7.15. The molecular formula is C13H17N5O4. The number of imidazole rings is 1. The minimum atomic E-state index is -1.06. The fourth-order valence-corrected chi connectivity index (χ4v) is 2.84. The van der Waals surface area contributed by atoms with Gasteiger partial charge in [0.25, 0.3) is 5.56 Å². The number of carbonyl (C=O) groups is 1. The van der Waals surface area contributed by atoms with E-state index in [4.69, 9.17) is 5.11 Å². The molecule has 0 amide bonds.